The van der Waals surface area contributed by atoms with Gasteiger partial charge in [0.05, 0.1) is 30.7 Å². The molecule has 160 valence electrons. The molecule has 5 atom stereocenters. The van der Waals surface area contributed by atoms with E-state index < -0.39 is 0 Å². The normalized spacial score (nSPS) is 34.8. The fourth-order valence-electron chi connectivity index (χ4n) is 6.12. The summed E-state index contributed by atoms with van der Waals surface area (Å²) in [5.41, 5.74) is 1.98. The molecule has 6 nitrogen and oxygen atoms in total. The Kier molecular flexibility index (Phi) is 5.25. The van der Waals surface area contributed by atoms with Crippen LogP contribution in [0.1, 0.15) is 13.8 Å². The molecule has 5 aliphatic rings. The van der Waals surface area contributed by atoms with Gasteiger partial charge in [0.2, 0.25) is 11.8 Å². The predicted molar refractivity (Wildman–Crippen MR) is 115 cm³/mol. The van der Waals surface area contributed by atoms with E-state index in [9.17, 15) is 9.59 Å². The molecular formula is C24H31N3O3. The molecule has 3 saturated heterocycles. The zero-order chi connectivity index (χ0) is 20.8. The molecule has 0 radical (unpaired) electrons. The Balaban J connectivity index is 1.44. The van der Waals surface area contributed by atoms with Crippen molar-refractivity contribution in [2.45, 2.75) is 19.9 Å². The van der Waals surface area contributed by atoms with Gasteiger partial charge in [-0.15, -0.1) is 0 Å². The summed E-state index contributed by atoms with van der Waals surface area (Å²) in [5, 5.41) is 0. The highest BCUT2D eigenvalue weighted by Gasteiger charge is 2.59. The maximum Gasteiger partial charge on any atom is 0.239 e. The largest absolute Gasteiger partial charge is 0.379 e. The van der Waals surface area contributed by atoms with Crippen LogP contribution in [0.15, 0.2) is 42.0 Å². The zero-order valence-electron chi connectivity index (χ0n) is 17.9. The summed E-state index contributed by atoms with van der Waals surface area (Å²) >= 11 is 0. The number of allylic oxidation sites excluding steroid dienone is 1. The van der Waals surface area contributed by atoms with Crippen LogP contribution in [0, 0.1) is 23.7 Å². The third-order valence-electron chi connectivity index (χ3n) is 7.49. The quantitative estimate of drug-likeness (QED) is 0.563. The van der Waals surface area contributed by atoms with E-state index in [1.165, 1.54) is 10.5 Å². The van der Waals surface area contributed by atoms with Gasteiger partial charge in [-0.05, 0) is 30.9 Å². The number of carbonyl (C=O) groups excluding carboxylic acids is 2. The molecule has 0 spiro atoms. The van der Waals surface area contributed by atoms with Gasteiger partial charge in [-0.1, -0.05) is 36.8 Å². The summed E-state index contributed by atoms with van der Waals surface area (Å²) in [6.07, 6.45) is 2.29. The number of ether oxygens (including phenoxy) is 1. The molecule has 1 aromatic rings. The molecule has 2 bridgehead atoms. The van der Waals surface area contributed by atoms with Crippen molar-refractivity contribution in [3.05, 3.63) is 42.0 Å². The van der Waals surface area contributed by atoms with E-state index in [2.05, 4.69) is 29.7 Å². The number of morpholine rings is 1. The Hall–Kier alpha value is -2.02. The van der Waals surface area contributed by atoms with Gasteiger partial charge in [0.25, 0.3) is 0 Å². The molecule has 4 heterocycles. The average molecular weight is 410 g/mol. The van der Waals surface area contributed by atoms with Gasteiger partial charge in [-0.3, -0.25) is 19.4 Å². The van der Waals surface area contributed by atoms with Crippen LogP contribution in [0.5, 0.6) is 0 Å². The SMILES string of the molecule is CC1=C[C@H]2[C@@H]3C(=O)N(c4ccccc4)C(=O)[C@H]3[C@H]1[C@@H](C)CN2CCN1CCOCC1. The predicted octanol–water partition coefficient (Wildman–Crippen LogP) is 2.02. The van der Waals surface area contributed by atoms with Crippen LogP contribution in [-0.4, -0.2) is 73.6 Å². The van der Waals surface area contributed by atoms with Crippen LogP contribution in [0.2, 0.25) is 0 Å². The number of benzene rings is 1. The van der Waals surface area contributed by atoms with Gasteiger partial charge in [0, 0.05) is 38.8 Å². The summed E-state index contributed by atoms with van der Waals surface area (Å²) in [4.78, 5) is 33.5. The van der Waals surface area contributed by atoms with Gasteiger partial charge in [0.1, 0.15) is 0 Å². The molecule has 0 unspecified atom stereocenters. The van der Waals surface area contributed by atoms with Crippen molar-refractivity contribution in [2.24, 2.45) is 23.7 Å². The van der Waals surface area contributed by atoms with Crippen molar-refractivity contribution in [1.29, 1.82) is 0 Å². The Labute approximate surface area is 178 Å². The first-order chi connectivity index (χ1) is 14.6. The number of fused-ring (bicyclic) bond motifs is 2. The highest BCUT2D eigenvalue weighted by molar-refractivity contribution is 6.22. The second-order valence-electron chi connectivity index (χ2n) is 9.25. The number of anilines is 1. The summed E-state index contributed by atoms with van der Waals surface area (Å²) in [7, 11) is 0. The van der Waals surface area contributed by atoms with Crippen molar-refractivity contribution < 1.29 is 14.3 Å². The third-order valence-corrected chi connectivity index (χ3v) is 7.49. The van der Waals surface area contributed by atoms with E-state index in [1.54, 1.807) is 0 Å². The summed E-state index contributed by atoms with van der Waals surface area (Å²) in [6, 6.07) is 9.42. The first-order valence-electron chi connectivity index (χ1n) is 11.2. The first-order valence-corrected chi connectivity index (χ1v) is 11.2. The summed E-state index contributed by atoms with van der Waals surface area (Å²) in [5.74, 6) is -0.0682. The number of hydrogen-bond acceptors (Lipinski definition) is 5. The maximum absolute atomic E-state index is 13.6. The number of para-hydroxylation sites is 1. The molecule has 0 aromatic heterocycles. The highest BCUT2D eigenvalue weighted by atomic mass is 16.5. The first kappa shape index (κ1) is 19.9. The molecule has 30 heavy (non-hydrogen) atoms. The number of imide groups is 1. The van der Waals surface area contributed by atoms with E-state index in [4.69, 9.17) is 4.74 Å². The van der Waals surface area contributed by atoms with E-state index in [1.807, 2.05) is 30.3 Å². The standard InChI is InChI=1S/C24H31N3O3/c1-16-14-19-21-22(24(29)27(23(21)28)18-6-4-3-5-7-18)20(16)17(2)15-26(19)9-8-25-10-12-30-13-11-25/h3-7,14,17,19-22H,8-13,15H2,1-2H3/t17-,19-,20+,21-,22-/m0/s1. The summed E-state index contributed by atoms with van der Waals surface area (Å²) < 4.78 is 5.48. The molecule has 2 amide bonds. The van der Waals surface area contributed by atoms with Crippen molar-refractivity contribution in [2.75, 3.05) is 50.8 Å². The van der Waals surface area contributed by atoms with Crippen molar-refractivity contribution in [3.8, 4) is 0 Å². The minimum absolute atomic E-state index is 0.00222. The van der Waals surface area contributed by atoms with Gasteiger partial charge in [0.15, 0.2) is 0 Å². The van der Waals surface area contributed by atoms with Crippen LogP contribution in [0.25, 0.3) is 0 Å². The maximum atomic E-state index is 13.6. The molecule has 6 rings (SSSR count). The van der Waals surface area contributed by atoms with Crippen LogP contribution in [0.4, 0.5) is 5.69 Å². The van der Waals surface area contributed by atoms with Crippen molar-refractivity contribution in [3.63, 3.8) is 0 Å². The number of carbonyl (C=O) groups is 2. The van der Waals surface area contributed by atoms with Crippen molar-refractivity contribution >= 4 is 17.5 Å². The van der Waals surface area contributed by atoms with Crippen molar-refractivity contribution in [1.82, 2.24) is 9.80 Å². The summed E-state index contributed by atoms with van der Waals surface area (Å²) in [6.45, 7) is 10.8. The molecule has 4 aliphatic heterocycles. The van der Waals surface area contributed by atoms with Crippen LogP contribution in [0.3, 0.4) is 0 Å². The zero-order valence-corrected chi connectivity index (χ0v) is 17.9. The van der Waals surface area contributed by atoms with E-state index in [0.29, 0.717) is 11.6 Å². The minimum atomic E-state index is -0.277. The molecule has 0 saturated carbocycles. The average Bonchev–Trinajstić information content (AvgIpc) is 2.87. The molecular weight excluding hydrogens is 378 g/mol. The minimum Gasteiger partial charge on any atom is -0.379 e. The highest BCUT2D eigenvalue weighted by Crippen LogP contribution is 2.49. The Morgan fingerprint density at radius 2 is 1.67 bits per heavy atom. The number of nitrogens with zero attached hydrogens (tertiary/aromatic N) is 3. The van der Waals surface area contributed by atoms with E-state index in [0.717, 1.165) is 45.9 Å². The lowest BCUT2D eigenvalue weighted by molar-refractivity contribution is -0.123. The fraction of sp³-hybridized carbons (Fsp3) is 0.583. The molecule has 6 heteroatoms. The third kappa shape index (κ3) is 3.22. The Morgan fingerprint density at radius 1 is 0.967 bits per heavy atom. The lowest BCUT2D eigenvalue weighted by atomic mass is 9.68. The van der Waals surface area contributed by atoms with E-state index in [-0.39, 0.29) is 35.6 Å². The lowest BCUT2D eigenvalue weighted by Gasteiger charge is -2.36. The number of hydrogen-bond donors (Lipinski definition) is 0. The van der Waals surface area contributed by atoms with Crippen LogP contribution in [-0.2, 0) is 14.3 Å². The molecule has 3 fully saturated rings. The molecule has 1 aliphatic carbocycles. The topological polar surface area (TPSA) is 53.1 Å². The van der Waals surface area contributed by atoms with E-state index >= 15 is 0 Å². The van der Waals surface area contributed by atoms with Crippen LogP contribution >= 0.6 is 0 Å². The second kappa shape index (κ2) is 7.91. The smallest absolute Gasteiger partial charge is 0.239 e. The van der Waals surface area contributed by atoms with Gasteiger partial charge in [-0.25, -0.2) is 4.90 Å². The van der Waals surface area contributed by atoms with Gasteiger partial charge < -0.3 is 4.74 Å². The van der Waals surface area contributed by atoms with Gasteiger partial charge in [-0.2, -0.15) is 0 Å². The Bertz CT molecular complexity index is 849. The number of amides is 2. The van der Waals surface area contributed by atoms with Gasteiger partial charge >= 0.3 is 0 Å². The molecule has 0 N–H and O–H groups in total. The number of rotatable bonds is 4. The monoisotopic (exact) mass is 409 g/mol. The molecule has 1 aromatic carbocycles. The second-order valence-corrected chi connectivity index (χ2v) is 9.25. The Morgan fingerprint density at radius 3 is 2.40 bits per heavy atom. The van der Waals surface area contributed by atoms with Crippen LogP contribution < -0.4 is 4.90 Å². The fourth-order valence-corrected chi connectivity index (χ4v) is 6.12. The lowest BCUT2D eigenvalue weighted by Crippen LogP contribution is -2.48.